The van der Waals surface area contributed by atoms with Gasteiger partial charge in [-0.25, -0.2) is 0 Å². The van der Waals surface area contributed by atoms with Crippen LogP contribution < -0.4 is 0 Å². The van der Waals surface area contributed by atoms with E-state index in [1.165, 1.54) is 77.0 Å². The molecule has 0 saturated carbocycles. The van der Waals surface area contributed by atoms with E-state index >= 15 is 0 Å². The number of esters is 3. The molecule has 0 N–H and O–H groups in total. The second kappa shape index (κ2) is 27.4. The van der Waals surface area contributed by atoms with E-state index in [0.717, 1.165) is 57.8 Å². The zero-order valence-corrected chi connectivity index (χ0v) is 24.5. The maximum Gasteiger partial charge on any atom is 0.331 e. The summed E-state index contributed by atoms with van der Waals surface area (Å²) in [6, 6.07) is 0. The molecule has 0 bridgehead atoms. The predicted octanol–water partition coefficient (Wildman–Crippen LogP) is 8.48. The topological polar surface area (TPSA) is 78.9 Å². The average Bonchev–Trinajstić information content (AvgIpc) is 2.89. The third-order valence-electron chi connectivity index (χ3n) is 6.68. The second-order valence-electron chi connectivity index (χ2n) is 10.3. The molecular formula is C31H58O6. The highest BCUT2D eigenvalue weighted by atomic mass is 16.6. The number of unbranched alkanes of at least 4 members (excludes halogenated alkanes) is 18. The van der Waals surface area contributed by atoms with Gasteiger partial charge in [0, 0.05) is 0 Å². The smallest absolute Gasteiger partial charge is 0.331 e. The van der Waals surface area contributed by atoms with Crippen LogP contribution in [0.15, 0.2) is 0 Å². The fourth-order valence-corrected chi connectivity index (χ4v) is 4.23. The minimum atomic E-state index is -1.64. The summed E-state index contributed by atoms with van der Waals surface area (Å²) in [4.78, 5) is 37.9. The van der Waals surface area contributed by atoms with E-state index in [2.05, 4.69) is 20.8 Å². The lowest BCUT2D eigenvalue weighted by molar-refractivity contribution is -0.172. The van der Waals surface area contributed by atoms with Gasteiger partial charge in [0.25, 0.3) is 5.92 Å². The van der Waals surface area contributed by atoms with Crippen LogP contribution in [0.5, 0.6) is 0 Å². The fourth-order valence-electron chi connectivity index (χ4n) is 4.23. The van der Waals surface area contributed by atoms with Crippen molar-refractivity contribution in [3.8, 4) is 0 Å². The van der Waals surface area contributed by atoms with Gasteiger partial charge in [-0.05, 0) is 19.3 Å². The van der Waals surface area contributed by atoms with Gasteiger partial charge in [0.05, 0.1) is 19.8 Å². The van der Waals surface area contributed by atoms with Gasteiger partial charge in [0.15, 0.2) is 0 Å². The number of rotatable bonds is 27. The summed E-state index contributed by atoms with van der Waals surface area (Å²) >= 11 is 0. The van der Waals surface area contributed by atoms with E-state index in [1.807, 2.05) is 0 Å². The van der Waals surface area contributed by atoms with Crippen LogP contribution in [0.3, 0.4) is 0 Å². The Morgan fingerprint density at radius 1 is 0.378 bits per heavy atom. The Morgan fingerprint density at radius 3 is 0.838 bits per heavy atom. The van der Waals surface area contributed by atoms with Gasteiger partial charge >= 0.3 is 17.9 Å². The summed E-state index contributed by atoms with van der Waals surface area (Å²) in [6.45, 7) is 7.19. The van der Waals surface area contributed by atoms with Crippen LogP contribution in [-0.4, -0.2) is 37.7 Å². The van der Waals surface area contributed by atoms with Gasteiger partial charge in [-0.3, -0.25) is 14.4 Å². The molecule has 0 rings (SSSR count). The first-order valence-corrected chi connectivity index (χ1v) is 15.6. The zero-order valence-electron chi connectivity index (χ0n) is 24.5. The Labute approximate surface area is 228 Å². The Bertz CT molecular complexity index is 472. The Balaban J connectivity index is 4.46. The van der Waals surface area contributed by atoms with Crippen molar-refractivity contribution in [3.05, 3.63) is 0 Å². The maximum atomic E-state index is 12.6. The Morgan fingerprint density at radius 2 is 0.595 bits per heavy atom. The number of ether oxygens (including phenoxy) is 3. The van der Waals surface area contributed by atoms with Crippen LogP contribution in [0.2, 0.25) is 0 Å². The maximum absolute atomic E-state index is 12.6. The molecule has 6 heteroatoms. The van der Waals surface area contributed by atoms with Gasteiger partial charge in [0.2, 0.25) is 0 Å². The molecule has 0 amide bonds. The van der Waals surface area contributed by atoms with E-state index in [0.29, 0.717) is 0 Å². The standard InChI is InChI=1S/C31H58O6/c1-4-7-10-13-16-19-22-25-35-29(32)28(30(33)36-26-23-20-17-14-11-8-5-2)31(34)37-27-24-21-18-15-12-9-6-3/h28H,4-27H2,1-3H3. The molecule has 0 aromatic heterocycles. The van der Waals surface area contributed by atoms with Crippen LogP contribution in [0.25, 0.3) is 0 Å². The van der Waals surface area contributed by atoms with E-state index in [-0.39, 0.29) is 19.8 Å². The fraction of sp³-hybridized carbons (Fsp3) is 0.903. The number of carbonyl (C=O) groups excluding carboxylic acids is 3. The highest BCUT2D eigenvalue weighted by Crippen LogP contribution is 2.13. The minimum Gasteiger partial charge on any atom is -0.465 e. The molecule has 0 fully saturated rings. The molecule has 0 aromatic carbocycles. The molecule has 0 spiro atoms. The van der Waals surface area contributed by atoms with E-state index in [1.54, 1.807) is 0 Å². The van der Waals surface area contributed by atoms with E-state index < -0.39 is 23.8 Å². The summed E-state index contributed by atoms with van der Waals surface area (Å²) in [7, 11) is 0. The Kier molecular flexibility index (Phi) is 26.3. The lowest BCUT2D eigenvalue weighted by Crippen LogP contribution is -2.36. The third-order valence-corrected chi connectivity index (χ3v) is 6.68. The summed E-state index contributed by atoms with van der Waals surface area (Å²) in [5.41, 5.74) is 0. The quantitative estimate of drug-likeness (QED) is 0.0462. The SMILES string of the molecule is CCCCCCCCCOC(=O)C(C(=O)OCCCCCCCCC)C(=O)OCCCCCCCCC. The lowest BCUT2D eigenvalue weighted by Gasteiger charge is -2.15. The van der Waals surface area contributed by atoms with Crippen LogP contribution in [0.1, 0.15) is 156 Å². The number of carbonyl (C=O) groups is 3. The van der Waals surface area contributed by atoms with E-state index in [4.69, 9.17) is 14.2 Å². The van der Waals surface area contributed by atoms with E-state index in [9.17, 15) is 14.4 Å². The summed E-state index contributed by atoms with van der Waals surface area (Å²) in [5, 5.41) is 0. The highest BCUT2D eigenvalue weighted by Gasteiger charge is 2.38. The molecule has 0 saturated heterocycles. The van der Waals surface area contributed by atoms with Crippen molar-refractivity contribution in [1.82, 2.24) is 0 Å². The molecule has 218 valence electrons. The van der Waals surface area contributed by atoms with Crippen LogP contribution in [0.4, 0.5) is 0 Å². The summed E-state index contributed by atoms with van der Waals surface area (Å²) in [6.07, 6.45) is 23.0. The molecule has 0 heterocycles. The molecule has 37 heavy (non-hydrogen) atoms. The van der Waals surface area contributed by atoms with Crippen molar-refractivity contribution in [1.29, 1.82) is 0 Å². The summed E-state index contributed by atoms with van der Waals surface area (Å²) in [5.74, 6) is -4.18. The second-order valence-corrected chi connectivity index (χ2v) is 10.3. The largest absolute Gasteiger partial charge is 0.465 e. The molecule has 0 radical (unpaired) electrons. The molecule has 0 aliphatic rings. The van der Waals surface area contributed by atoms with Crippen LogP contribution in [-0.2, 0) is 28.6 Å². The first-order valence-electron chi connectivity index (χ1n) is 15.6. The highest BCUT2D eigenvalue weighted by molar-refractivity contribution is 6.12. The van der Waals surface area contributed by atoms with Gasteiger partial charge in [-0.1, -0.05) is 136 Å². The van der Waals surface area contributed by atoms with Crippen LogP contribution in [0, 0.1) is 5.92 Å². The molecule has 0 aromatic rings. The first-order chi connectivity index (χ1) is 18.1. The Hall–Kier alpha value is -1.59. The molecule has 0 atom stereocenters. The monoisotopic (exact) mass is 526 g/mol. The molecular weight excluding hydrogens is 468 g/mol. The normalized spacial score (nSPS) is 11.0. The van der Waals surface area contributed by atoms with Crippen molar-refractivity contribution in [2.24, 2.45) is 5.92 Å². The average molecular weight is 527 g/mol. The molecule has 0 aliphatic heterocycles. The minimum absolute atomic E-state index is 0.208. The van der Waals surface area contributed by atoms with Crippen molar-refractivity contribution in [3.63, 3.8) is 0 Å². The van der Waals surface area contributed by atoms with Crippen molar-refractivity contribution in [2.75, 3.05) is 19.8 Å². The number of hydrogen-bond donors (Lipinski definition) is 0. The predicted molar refractivity (Wildman–Crippen MR) is 150 cm³/mol. The van der Waals surface area contributed by atoms with Crippen LogP contribution >= 0.6 is 0 Å². The first kappa shape index (κ1) is 35.4. The van der Waals surface area contributed by atoms with Gasteiger partial charge < -0.3 is 14.2 Å². The lowest BCUT2D eigenvalue weighted by atomic mass is 10.1. The van der Waals surface area contributed by atoms with Crippen molar-refractivity contribution in [2.45, 2.75) is 156 Å². The van der Waals surface area contributed by atoms with Gasteiger partial charge in [-0.15, -0.1) is 0 Å². The van der Waals surface area contributed by atoms with Crippen molar-refractivity contribution >= 4 is 17.9 Å². The van der Waals surface area contributed by atoms with Crippen molar-refractivity contribution < 1.29 is 28.6 Å². The zero-order chi connectivity index (χ0) is 27.4. The van der Waals surface area contributed by atoms with Gasteiger partial charge in [-0.2, -0.15) is 0 Å². The molecule has 6 nitrogen and oxygen atoms in total. The number of hydrogen-bond acceptors (Lipinski definition) is 6. The van der Waals surface area contributed by atoms with Gasteiger partial charge in [0.1, 0.15) is 0 Å². The third kappa shape index (κ3) is 22.1. The molecule has 0 aliphatic carbocycles. The molecule has 0 unspecified atom stereocenters. The summed E-state index contributed by atoms with van der Waals surface area (Å²) < 4.78 is 15.9.